The first kappa shape index (κ1) is 28.9. The summed E-state index contributed by atoms with van der Waals surface area (Å²) in [4.78, 5) is 0. The predicted molar refractivity (Wildman–Crippen MR) is 117 cm³/mol. The molecule has 9 heteroatoms. The molecule has 2 N–H and O–H groups in total. The van der Waals surface area contributed by atoms with Crippen LogP contribution < -0.4 is 5.73 Å². The van der Waals surface area contributed by atoms with Gasteiger partial charge < -0.3 is 38.6 Å². The Morgan fingerprint density at radius 3 is 1.07 bits per heavy atom. The summed E-state index contributed by atoms with van der Waals surface area (Å²) in [7, 11) is -1.67. The summed E-state index contributed by atoms with van der Waals surface area (Å²) >= 11 is 0. The first-order valence-corrected chi connectivity index (χ1v) is 13.5. The fraction of sp³-hybridized carbons (Fsp3) is 1.00. The molecule has 8 nitrogen and oxygen atoms in total. The molecule has 0 rings (SSSR count). The molecule has 0 bridgehead atoms. The molecule has 29 heavy (non-hydrogen) atoms. The highest BCUT2D eigenvalue weighted by atomic mass is 28.4. The van der Waals surface area contributed by atoms with Gasteiger partial charge in [0.05, 0.1) is 85.9 Å². The van der Waals surface area contributed by atoms with E-state index in [0.717, 1.165) is 0 Å². The summed E-state index contributed by atoms with van der Waals surface area (Å²) in [5.74, 6) is 0. The molecule has 0 unspecified atom stereocenters. The van der Waals surface area contributed by atoms with Gasteiger partial charge in [-0.1, -0.05) is 20.8 Å². The molecule has 0 fully saturated rings. The molecule has 0 amide bonds. The number of nitrogens with two attached hydrogens (primary N) is 1. The molecule has 176 valence electrons. The van der Waals surface area contributed by atoms with Crippen LogP contribution in [-0.4, -0.2) is 101 Å². The lowest BCUT2D eigenvalue weighted by molar-refractivity contribution is -0.0176. The van der Waals surface area contributed by atoms with E-state index in [2.05, 4.69) is 33.9 Å². The Morgan fingerprint density at radius 1 is 0.517 bits per heavy atom. The van der Waals surface area contributed by atoms with Gasteiger partial charge in [-0.15, -0.1) is 0 Å². The molecule has 0 aromatic heterocycles. The van der Waals surface area contributed by atoms with Crippen LogP contribution in [0.15, 0.2) is 0 Å². The van der Waals surface area contributed by atoms with E-state index >= 15 is 0 Å². The maximum Gasteiger partial charge on any atom is 0.192 e. The topological polar surface area (TPSA) is 90.6 Å². The van der Waals surface area contributed by atoms with Gasteiger partial charge >= 0.3 is 0 Å². The Kier molecular flexibility index (Phi) is 18.6. The van der Waals surface area contributed by atoms with Crippen LogP contribution in [0.1, 0.15) is 20.8 Å². The van der Waals surface area contributed by atoms with Crippen LogP contribution in [0.2, 0.25) is 18.1 Å². The van der Waals surface area contributed by atoms with Crippen molar-refractivity contribution in [1.82, 2.24) is 0 Å². The highest BCUT2D eigenvalue weighted by molar-refractivity contribution is 6.74. The van der Waals surface area contributed by atoms with E-state index in [0.29, 0.717) is 92.4 Å². The van der Waals surface area contributed by atoms with Crippen molar-refractivity contribution in [3.05, 3.63) is 0 Å². The minimum Gasteiger partial charge on any atom is -0.414 e. The quantitative estimate of drug-likeness (QED) is 0.215. The van der Waals surface area contributed by atoms with Gasteiger partial charge in [-0.25, -0.2) is 0 Å². The smallest absolute Gasteiger partial charge is 0.192 e. The van der Waals surface area contributed by atoms with Gasteiger partial charge in [-0.05, 0) is 18.1 Å². The zero-order valence-electron chi connectivity index (χ0n) is 19.3. The van der Waals surface area contributed by atoms with Gasteiger partial charge in [0.2, 0.25) is 0 Å². The van der Waals surface area contributed by atoms with Gasteiger partial charge in [0, 0.05) is 6.54 Å². The Bertz CT molecular complexity index is 354. The van der Waals surface area contributed by atoms with E-state index in [9.17, 15) is 0 Å². The Hall–Kier alpha value is -0.103. The first-order valence-electron chi connectivity index (χ1n) is 10.6. The molecule has 0 aromatic carbocycles. The van der Waals surface area contributed by atoms with E-state index in [1.807, 2.05) is 0 Å². The average Bonchev–Trinajstić information content (AvgIpc) is 2.65. The molecule has 0 radical (unpaired) electrons. The summed E-state index contributed by atoms with van der Waals surface area (Å²) in [6, 6.07) is 0. The number of hydrogen-bond donors (Lipinski definition) is 1. The van der Waals surface area contributed by atoms with Gasteiger partial charge in [-0.2, -0.15) is 0 Å². The molecule has 0 aromatic rings. The summed E-state index contributed by atoms with van der Waals surface area (Å²) in [5.41, 5.74) is 5.31. The van der Waals surface area contributed by atoms with Gasteiger partial charge in [0.15, 0.2) is 8.32 Å². The standard InChI is InChI=1S/C20H45NO7Si/c1-20(2,3)29(4,5)28-19-18-27-17-16-26-15-14-25-13-12-24-11-10-23-9-8-22-7-6-21/h6-19,21H2,1-5H3. The van der Waals surface area contributed by atoms with Crippen LogP contribution in [0.4, 0.5) is 0 Å². The molecule has 0 aliphatic rings. The Morgan fingerprint density at radius 2 is 0.793 bits per heavy atom. The highest BCUT2D eigenvalue weighted by Gasteiger charge is 2.36. The van der Waals surface area contributed by atoms with Crippen LogP contribution in [0.3, 0.4) is 0 Å². The number of rotatable bonds is 21. The summed E-state index contributed by atoms with van der Waals surface area (Å²) in [6.07, 6.45) is 0. The normalized spacial score (nSPS) is 12.6. The molecule has 0 spiro atoms. The lowest BCUT2D eigenvalue weighted by Crippen LogP contribution is -2.41. The zero-order chi connectivity index (χ0) is 21.8. The van der Waals surface area contributed by atoms with E-state index < -0.39 is 8.32 Å². The lowest BCUT2D eigenvalue weighted by Gasteiger charge is -2.36. The second-order valence-corrected chi connectivity index (χ2v) is 12.9. The van der Waals surface area contributed by atoms with Gasteiger partial charge in [0.25, 0.3) is 0 Å². The van der Waals surface area contributed by atoms with Crippen molar-refractivity contribution in [2.45, 2.75) is 38.9 Å². The number of hydrogen-bond acceptors (Lipinski definition) is 8. The summed E-state index contributed by atoms with van der Waals surface area (Å²) in [6.45, 7) is 19.1. The van der Waals surface area contributed by atoms with Crippen LogP contribution in [0.5, 0.6) is 0 Å². The van der Waals surface area contributed by atoms with Crippen molar-refractivity contribution in [2.24, 2.45) is 5.73 Å². The van der Waals surface area contributed by atoms with Crippen molar-refractivity contribution < 1.29 is 32.8 Å². The number of ether oxygens (including phenoxy) is 6. The monoisotopic (exact) mass is 439 g/mol. The van der Waals surface area contributed by atoms with Gasteiger partial charge in [0.1, 0.15) is 0 Å². The molecule has 0 atom stereocenters. The minimum absolute atomic E-state index is 0.231. The van der Waals surface area contributed by atoms with Crippen molar-refractivity contribution in [2.75, 3.05) is 92.4 Å². The molecule has 0 aliphatic carbocycles. The van der Waals surface area contributed by atoms with Crippen LogP contribution in [0, 0.1) is 0 Å². The average molecular weight is 440 g/mol. The SMILES string of the molecule is CC(C)(C)[Si](C)(C)OCCOCCOCCOCCOCCOCCOCCN. The van der Waals surface area contributed by atoms with Crippen LogP contribution in [-0.2, 0) is 32.8 Å². The van der Waals surface area contributed by atoms with Crippen molar-refractivity contribution in [1.29, 1.82) is 0 Å². The molecule has 0 saturated heterocycles. The summed E-state index contributed by atoms with van der Waals surface area (Å²) < 4.78 is 38.5. The van der Waals surface area contributed by atoms with E-state index in [-0.39, 0.29) is 5.04 Å². The van der Waals surface area contributed by atoms with E-state index in [4.69, 9.17) is 38.6 Å². The maximum atomic E-state index is 6.05. The first-order chi connectivity index (χ1) is 13.8. The van der Waals surface area contributed by atoms with Crippen molar-refractivity contribution in [3.8, 4) is 0 Å². The fourth-order valence-electron chi connectivity index (χ4n) is 1.86. The molecule has 0 heterocycles. The minimum atomic E-state index is -1.67. The fourth-order valence-corrected chi connectivity index (χ4v) is 2.88. The molecular weight excluding hydrogens is 394 g/mol. The predicted octanol–water partition coefficient (Wildman–Crippen LogP) is 2.07. The Labute approximate surface area is 178 Å². The molecular formula is C20H45NO7Si. The maximum absolute atomic E-state index is 6.05. The van der Waals surface area contributed by atoms with Crippen molar-refractivity contribution >= 4 is 8.32 Å². The zero-order valence-corrected chi connectivity index (χ0v) is 20.3. The Balaban J connectivity index is 3.17. The highest BCUT2D eigenvalue weighted by Crippen LogP contribution is 2.36. The molecule has 0 aliphatic heterocycles. The second kappa shape index (κ2) is 18.6. The molecule has 0 saturated carbocycles. The largest absolute Gasteiger partial charge is 0.414 e. The van der Waals surface area contributed by atoms with Crippen LogP contribution >= 0.6 is 0 Å². The van der Waals surface area contributed by atoms with Gasteiger partial charge in [-0.3, -0.25) is 0 Å². The summed E-state index contributed by atoms with van der Waals surface area (Å²) in [5, 5.41) is 0.231. The lowest BCUT2D eigenvalue weighted by atomic mass is 10.2. The van der Waals surface area contributed by atoms with E-state index in [1.165, 1.54) is 0 Å². The third-order valence-corrected chi connectivity index (χ3v) is 9.16. The third kappa shape index (κ3) is 18.4. The van der Waals surface area contributed by atoms with Crippen LogP contribution in [0.25, 0.3) is 0 Å². The van der Waals surface area contributed by atoms with E-state index in [1.54, 1.807) is 0 Å². The second-order valence-electron chi connectivity index (χ2n) is 8.07. The third-order valence-electron chi connectivity index (χ3n) is 4.62. The van der Waals surface area contributed by atoms with Crippen molar-refractivity contribution in [3.63, 3.8) is 0 Å².